The van der Waals surface area contributed by atoms with Gasteiger partial charge < -0.3 is 11.1 Å². The van der Waals surface area contributed by atoms with Gasteiger partial charge in [0.25, 0.3) is 0 Å². The van der Waals surface area contributed by atoms with Crippen molar-refractivity contribution in [2.45, 2.75) is 48.8 Å². The Kier molecular flexibility index (Phi) is 4.69. The number of hydrogen-bond acceptors (Lipinski definition) is 5. The summed E-state index contributed by atoms with van der Waals surface area (Å²) < 4.78 is 12.9. The number of amides is 2. The number of primary amides is 1. The highest BCUT2D eigenvalue weighted by molar-refractivity contribution is 7.86. The number of rotatable bonds is 4. The summed E-state index contributed by atoms with van der Waals surface area (Å²) in [4.78, 5) is 25.7. The first-order chi connectivity index (χ1) is 11.0. The number of nitrogens with two attached hydrogens (primary N) is 1. The normalized spacial score (nSPS) is 38.6. The van der Waals surface area contributed by atoms with Crippen LogP contribution in [0.25, 0.3) is 0 Å². The van der Waals surface area contributed by atoms with Crippen LogP contribution in [0.2, 0.25) is 0 Å². The van der Waals surface area contributed by atoms with Gasteiger partial charge in [0.2, 0.25) is 11.8 Å². The zero-order chi connectivity index (χ0) is 16.6. The van der Waals surface area contributed by atoms with E-state index in [1.807, 2.05) is 4.90 Å². The summed E-state index contributed by atoms with van der Waals surface area (Å²) in [6.45, 7) is 1.31. The topological polar surface area (TPSA) is 116 Å². The average molecular weight is 338 g/mol. The fourth-order valence-corrected chi connectivity index (χ4v) is 6.44. The summed E-state index contributed by atoms with van der Waals surface area (Å²) in [5.74, 6) is -1.39. The highest BCUT2D eigenvalue weighted by atomic mass is 32.2. The molecule has 8 heteroatoms. The predicted molar refractivity (Wildman–Crippen MR) is 84.1 cm³/mol. The Bertz CT molecular complexity index is 576. The molecule has 3 fully saturated rings. The Morgan fingerprint density at radius 3 is 2.87 bits per heavy atom. The maximum atomic E-state index is 12.9. The summed E-state index contributed by atoms with van der Waals surface area (Å²) in [6.07, 6.45) is 3.74. The standard InChI is InChI=1S/C15H22N4O3S/c16-8-10(7-9-4-5-18-15(9)21)13-12(14(17)20)19-6-2-1-3-11(19)23(13)22/h9-13H,1-7H2,(H2,17,20)(H,18,21)/t9-,10+,11?,12?,13?,23?/m1/s1. The molecule has 23 heavy (non-hydrogen) atoms. The van der Waals surface area contributed by atoms with E-state index < -0.39 is 33.9 Å². The van der Waals surface area contributed by atoms with Gasteiger partial charge in [0, 0.05) is 29.8 Å². The van der Waals surface area contributed by atoms with Crippen LogP contribution < -0.4 is 11.1 Å². The average Bonchev–Trinajstić information content (AvgIpc) is 3.07. The highest BCUT2D eigenvalue weighted by Crippen LogP contribution is 2.38. The molecule has 7 nitrogen and oxygen atoms in total. The number of piperidine rings is 1. The molecule has 6 atom stereocenters. The molecule has 0 aromatic carbocycles. The van der Waals surface area contributed by atoms with Gasteiger partial charge >= 0.3 is 0 Å². The van der Waals surface area contributed by atoms with E-state index in [1.54, 1.807) is 0 Å². The number of nitriles is 1. The van der Waals surface area contributed by atoms with Crippen molar-refractivity contribution in [3.63, 3.8) is 0 Å². The van der Waals surface area contributed by atoms with Crippen molar-refractivity contribution in [3.05, 3.63) is 0 Å². The highest BCUT2D eigenvalue weighted by Gasteiger charge is 2.53. The second kappa shape index (κ2) is 6.57. The molecule has 0 aromatic heterocycles. The molecule has 4 unspecified atom stereocenters. The van der Waals surface area contributed by atoms with Gasteiger partial charge in [0.15, 0.2) is 0 Å². The lowest BCUT2D eigenvalue weighted by Crippen LogP contribution is -2.50. The van der Waals surface area contributed by atoms with Crippen LogP contribution >= 0.6 is 0 Å². The third kappa shape index (κ3) is 2.88. The molecule has 3 aliphatic heterocycles. The van der Waals surface area contributed by atoms with E-state index in [0.29, 0.717) is 25.9 Å². The van der Waals surface area contributed by atoms with Crippen molar-refractivity contribution in [1.82, 2.24) is 10.2 Å². The van der Waals surface area contributed by atoms with Crippen LogP contribution in [-0.4, -0.2) is 50.7 Å². The molecule has 0 aliphatic carbocycles. The zero-order valence-corrected chi connectivity index (χ0v) is 13.8. The quantitative estimate of drug-likeness (QED) is 0.713. The molecule has 2 amide bonds. The van der Waals surface area contributed by atoms with Gasteiger partial charge in [-0.25, -0.2) is 0 Å². The smallest absolute Gasteiger partial charge is 0.236 e. The predicted octanol–water partition coefficient (Wildman–Crippen LogP) is -0.551. The van der Waals surface area contributed by atoms with Crippen molar-refractivity contribution in [3.8, 4) is 6.07 Å². The molecule has 3 rings (SSSR count). The fourth-order valence-electron chi connectivity index (χ4n) is 4.13. The molecule has 3 N–H and O–H groups in total. The molecule has 3 aliphatic rings. The van der Waals surface area contributed by atoms with Gasteiger partial charge in [-0.15, -0.1) is 0 Å². The molecular formula is C15H22N4O3S. The Labute approximate surface area is 138 Å². The first kappa shape index (κ1) is 16.4. The van der Waals surface area contributed by atoms with Crippen LogP contribution in [0.15, 0.2) is 0 Å². The first-order valence-electron chi connectivity index (χ1n) is 8.16. The molecular weight excluding hydrogens is 316 g/mol. The van der Waals surface area contributed by atoms with Crippen LogP contribution in [-0.2, 0) is 20.4 Å². The van der Waals surface area contributed by atoms with E-state index in [4.69, 9.17) is 5.73 Å². The SMILES string of the molecule is N#C[C@H](C[C@H]1CCNC1=O)C1C(C(N)=O)N2CCCCC2S1=O. The van der Waals surface area contributed by atoms with Crippen molar-refractivity contribution < 1.29 is 13.8 Å². The van der Waals surface area contributed by atoms with Crippen LogP contribution in [0.5, 0.6) is 0 Å². The number of nitrogens with zero attached hydrogens (tertiary/aromatic N) is 2. The Morgan fingerprint density at radius 1 is 1.48 bits per heavy atom. The maximum absolute atomic E-state index is 12.9. The minimum atomic E-state index is -1.30. The van der Waals surface area contributed by atoms with E-state index in [1.165, 1.54) is 0 Å². The maximum Gasteiger partial charge on any atom is 0.236 e. The third-order valence-corrected chi connectivity index (χ3v) is 7.41. The number of nitrogens with one attached hydrogen (secondary N) is 1. The minimum Gasteiger partial charge on any atom is -0.368 e. The minimum absolute atomic E-state index is 0.0534. The van der Waals surface area contributed by atoms with Gasteiger partial charge in [-0.3, -0.25) is 18.7 Å². The molecule has 3 saturated heterocycles. The van der Waals surface area contributed by atoms with E-state index in [0.717, 1.165) is 19.3 Å². The molecule has 0 radical (unpaired) electrons. The number of carbonyl (C=O) groups excluding carboxylic acids is 2. The lowest BCUT2D eigenvalue weighted by Gasteiger charge is -2.31. The molecule has 126 valence electrons. The van der Waals surface area contributed by atoms with E-state index in [2.05, 4.69) is 11.4 Å². The second-order valence-electron chi connectivity index (χ2n) is 6.58. The van der Waals surface area contributed by atoms with E-state index in [-0.39, 0.29) is 17.2 Å². The molecule has 0 aromatic rings. The Morgan fingerprint density at radius 2 is 2.26 bits per heavy atom. The molecule has 0 bridgehead atoms. The summed E-state index contributed by atoms with van der Waals surface area (Å²) >= 11 is 0. The van der Waals surface area contributed by atoms with Gasteiger partial charge in [-0.05, 0) is 32.1 Å². The van der Waals surface area contributed by atoms with E-state index >= 15 is 0 Å². The summed E-state index contributed by atoms with van der Waals surface area (Å²) in [6, 6.07) is 1.55. The van der Waals surface area contributed by atoms with E-state index in [9.17, 15) is 19.1 Å². The number of fused-ring (bicyclic) bond motifs is 1. The van der Waals surface area contributed by atoms with Gasteiger partial charge in [0.05, 0.1) is 22.6 Å². The first-order valence-corrected chi connectivity index (χ1v) is 9.44. The molecule has 3 heterocycles. The molecule has 0 spiro atoms. The largest absolute Gasteiger partial charge is 0.368 e. The van der Waals surface area contributed by atoms with Crippen molar-refractivity contribution in [1.29, 1.82) is 5.26 Å². The van der Waals surface area contributed by atoms with Crippen LogP contribution in [0.3, 0.4) is 0 Å². The zero-order valence-electron chi connectivity index (χ0n) is 12.9. The lowest BCUT2D eigenvalue weighted by atomic mass is 9.88. The summed E-state index contributed by atoms with van der Waals surface area (Å²) in [5.41, 5.74) is 5.58. The van der Waals surface area contributed by atoms with Crippen molar-refractivity contribution in [2.24, 2.45) is 17.6 Å². The van der Waals surface area contributed by atoms with Gasteiger partial charge in [-0.2, -0.15) is 5.26 Å². The fraction of sp³-hybridized carbons (Fsp3) is 0.800. The third-order valence-electron chi connectivity index (χ3n) is 5.25. The lowest BCUT2D eigenvalue weighted by molar-refractivity contribution is -0.123. The number of carbonyl (C=O) groups is 2. The Hall–Kier alpha value is -1.46. The van der Waals surface area contributed by atoms with Crippen molar-refractivity contribution in [2.75, 3.05) is 13.1 Å². The molecule has 0 saturated carbocycles. The van der Waals surface area contributed by atoms with Crippen LogP contribution in [0, 0.1) is 23.2 Å². The van der Waals surface area contributed by atoms with Gasteiger partial charge in [0.1, 0.15) is 6.04 Å². The van der Waals surface area contributed by atoms with Crippen molar-refractivity contribution >= 4 is 22.6 Å². The van der Waals surface area contributed by atoms with Crippen LogP contribution in [0.1, 0.15) is 32.1 Å². The van der Waals surface area contributed by atoms with Gasteiger partial charge in [-0.1, -0.05) is 0 Å². The summed E-state index contributed by atoms with van der Waals surface area (Å²) in [5, 5.41) is 11.6. The second-order valence-corrected chi connectivity index (χ2v) is 8.32. The monoisotopic (exact) mass is 338 g/mol. The number of hydrogen-bond donors (Lipinski definition) is 2. The van der Waals surface area contributed by atoms with Crippen LogP contribution in [0.4, 0.5) is 0 Å². The Balaban J connectivity index is 1.85. The summed E-state index contributed by atoms with van der Waals surface area (Å²) in [7, 11) is -1.30.